The SMILES string of the molecule is C=NNCCN(C)CC(F)(F)F. The van der Waals surface area contributed by atoms with Crippen LogP contribution in [0.3, 0.4) is 0 Å². The van der Waals surface area contributed by atoms with Crippen molar-refractivity contribution in [2.24, 2.45) is 5.10 Å². The molecule has 0 aliphatic carbocycles. The number of hydrogen-bond donors (Lipinski definition) is 1. The van der Waals surface area contributed by atoms with Gasteiger partial charge in [-0.15, -0.1) is 0 Å². The van der Waals surface area contributed by atoms with Crippen LogP contribution in [-0.2, 0) is 0 Å². The third kappa shape index (κ3) is 7.33. The average Bonchev–Trinajstić information content (AvgIpc) is 1.84. The molecule has 12 heavy (non-hydrogen) atoms. The van der Waals surface area contributed by atoms with E-state index in [0.29, 0.717) is 13.1 Å². The molecule has 0 aromatic heterocycles. The fraction of sp³-hybridized carbons (Fsp3) is 0.833. The Morgan fingerprint density at radius 3 is 2.50 bits per heavy atom. The van der Waals surface area contributed by atoms with E-state index in [1.165, 1.54) is 7.05 Å². The summed E-state index contributed by atoms with van der Waals surface area (Å²) in [6.45, 7) is 2.89. The highest BCUT2D eigenvalue weighted by atomic mass is 19.4. The second-order valence-corrected chi connectivity index (χ2v) is 2.42. The van der Waals surface area contributed by atoms with Crippen LogP contribution in [0.4, 0.5) is 13.2 Å². The fourth-order valence-corrected chi connectivity index (χ4v) is 0.705. The maximum atomic E-state index is 11.7. The summed E-state index contributed by atoms with van der Waals surface area (Å²) >= 11 is 0. The second-order valence-electron chi connectivity index (χ2n) is 2.42. The van der Waals surface area contributed by atoms with Gasteiger partial charge in [0.05, 0.1) is 6.54 Å². The molecular formula is C6H12F3N3. The molecule has 0 aliphatic rings. The number of hydrogen-bond acceptors (Lipinski definition) is 3. The summed E-state index contributed by atoms with van der Waals surface area (Å²) in [7, 11) is 1.40. The minimum Gasteiger partial charge on any atom is -0.309 e. The highest BCUT2D eigenvalue weighted by Gasteiger charge is 2.28. The quantitative estimate of drug-likeness (QED) is 0.385. The first-order chi connectivity index (χ1) is 5.45. The molecular weight excluding hydrogens is 171 g/mol. The second kappa shape index (κ2) is 4.97. The third-order valence-corrected chi connectivity index (χ3v) is 1.17. The maximum Gasteiger partial charge on any atom is 0.401 e. The third-order valence-electron chi connectivity index (χ3n) is 1.17. The lowest BCUT2D eigenvalue weighted by atomic mass is 10.5. The zero-order valence-electron chi connectivity index (χ0n) is 6.86. The van der Waals surface area contributed by atoms with E-state index in [4.69, 9.17) is 0 Å². The summed E-state index contributed by atoms with van der Waals surface area (Å²) in [5.41, 5.74) is 2.47. The molecule has 0 unspecified atom stereocenters. The Hall–Kier alpha value is -0.780. The highest BCUT2D eigenvalue weighted by Crippen LogP contribution is 2.14. The van der Waals surface area contributed by atoms with Crippen molar-refractivity contribution in [2.45, 2.75) is 6.18 Å². The van der Waals surface area contributed by atoms with Crippen molar-refractivity contribution in [2.75, 3.05) is 26.7 Å². The molecule has 0 spiro atoms. The van der Waals surface area contributed by atoms with E-state index in [-0.39, 0.29) is 0 Å². The van der Waals surface area contributed by atoms with E-state index in [2.05, 4.69) is 17.2 Å². The van der Waals surface area contributed by atoms with Gasteiger partial charge in [-0.2, -0.15) is 18.3 Å². The van der Waals surface area contributed by atoms with E-state index in [1.807, 2.05) is 0 Å². The molecule has 0 radical (unpaired) electrons. The fourth-order valence-electron chi connectivity index (χ4n) is 0.705. The predicted octanol–water partition coefficient (Wildman–Crippen LogP) is 0.686. The van der Waals surface area contributed by atoms with Gasteiger partial charge in [0.1, 0.15) is 0 Å². The number of halogens is 3. The smallest absolute Gasteiger partial charge is 0.309 e. The molecule has 0 aliphatic heterocycles. The summed E-state index contributed by atoms with van der Waals surface area (Å²) in [4.78, 5) is 1.16. The van der Waals surface area contributed by atoms with Gasteiger partial charge in [0.25, 0.3) is 0 Å². The van der Waals surface area contributed by atoms with Crippen LogP contribution in [0.2, 0.25) is 0 Å². The van der Waals surface area contributed by atoms with Crippen LogP contribution in [-0.4, -0.2) is 44.5 Å². The van der Waals surface area contributed by atoms with Crippen LogP contribution in [0.15, 0.2) is 5.10 Å². The Balaban J connectivity index is 3.46. The molecule has 0 saturated heterocycles. The van der Waals surface area contributed by atoms with Crippen LogP contribution in [0.25, 0.3) is 0 Å². The first-order valence-electron chi connectivity index (χ1n) is 3.39. The zero-order valence-corrected chi connectivity index (χ0v) is 6.86. The molecule has 0 aromatic rings. The Morgan fingerprint density at radius 2 is 2.08 bits per heavy atom. The van der Waals surface area contributed by atoms with Crippen LogP contribution < -0.4 is 5.43 Å². The molecule has 0 atom stereocenters. The lowest BCUT2D eigenvalue weighted by Crippen LogP contribution is -2.34. The van der Waals surface area contributed by atoms with E-state index < -0.39 is 12.7 Å². The summed E-state index contributed by atoms with van der Waals surface area (Å²) in [5, 5.41) is 3.30. The number of likely N-dealkylation sites (N-methyl/N-ethyl adjacent to an activating group) is 1. The van der Waals surface area contributed by atoms with E-state index in [0.717, 1.165) is 4.90 Å². The van der Waals surface area contributed by atoms with Crippen LogP contribution in [0, 0.1) is 0 Å². The van der Waals surface area contributed by atoms with Crippen LogP contribution in [0.5, 0.6) is 0 Å². The van der Waals surface area contributed by atoms with Gasteiger partial charge in [0.15, 0.2) is 0 Å². The van der Waals surface area contributed by atoms with Gasteiger partial charge in [-0.1, -0.05) is 0 Å². The number of hydrazone groups is 1. The molecule has 0 bridgehead atoms. The molecule has 1 N–H and O–H groups in total. The minimum atomic E-state index is -4.13. The minimum absolute atomic E-state index is 0.290. The first kappa shape index (κ1) is 11.2. The molecule has 72 valence electrons. The summed E-state index contributed by atoms with van der Waals surface area (Å²) < 4.78 is 35.2. The van der Waals surface area contributed by atoms with E-state index in [1.54, 1.807) is 0 Å². The zero-order chi connectivity index (χ0) is 9.61. The van der Waals surface area contributed by atoms with E-state index in [9.17, 15) is 13.2 Å². The molecule has 0 rings (SSSR count). The average molecular weight is 183 g/mol. The van der Waals surface area contributed by atoms with Gasteiger partial charge < -0.3 is 5.43 Å². The van der Waals surface area contributed by atoms with Crippen molar-refractivity contribution in [3.8, 4) is 0 Å². The lowest BCUT2D eigenvalue weighted by Gasteiger charge is -2.17. The van der Waals surface area contributed by atoms with Gasteiger partial charge in [0.2, 0.25) is 0 Å². The Morgan fingerprint density at radius 1 is 1.50 bits per heavy atom. The van der Waals surface area contributed by atoms with Gasteiger partial charge in [-0.3, -0.25) is 4.90 Å². The predicted molar refractivity (Wildman–Crippen MR) is 41.1 cm³/mol. The van der Waals surface area contributed by atoms with Crippen molar-refractivity contribution >= 4 is 6.72 Å². The van der Waals surface area contributed by atoms with Crippen molar-refractivity contribution in [1.29, 1.82) is 0 Å². The van der Waals surface area contributed by atoms with Crippen molar-refractivity contribution in [3.05, 3.63) is 0 Å². The normalized spacial score (nSPS) is 11.8. The molecule has 0 fully saturated rings. The van der Waals surface area contributed by atoms with Crippen LogP contribution >= 0.6 is 0 Å². The largest absolute Gasteiger partial charge is 0.401 e. The standard InChI is InChI=1S/C6H12F3N3/c1-10-11-3-4-12(2)5-6(7,8)9/h11H,1,3-5H2,2H3. The number of nitrogens with one attached hydrogen (secondary N) is 1. The maximum absolute atomic E-state index is 11.7. The Labute approximate surface area is 69.2 Å². The summed E-state index contributed by atoms with van der Waals surface area (Å²) in [5.74, 6) is 0. The first-order valence-corrected chi connectivity index (χ1v) is 3.39. The lowest BCUT2D eigenvalue weighted by molar-refractivity contribution is -0.142. The van der Waals surface area contributed by atoms with Crippen molar-refractivity contribution in [3.63, 3.8) is 0 Å². The Kier molecular flexibility index (Phi) is 4.65. The van der Waals surface area contributed by atoms with Crippen molar-refractivity contribution < 1.29 is 13.2 Å². The molecule has 0 aromatic carbocycles. The van der Waals surface area contributed by atoms with E-state index >= 15 is 0 Å². The van der Waals surface area contributed by atoms with Crippen LogP contribution in [0.1, 0.15) is 0 Å². The molecule has 3 nitrogen and oxygen atoms in total. The summed E-state index contributed by atoms with van der Waals surface area (Å²) in [6, 6.07) is 0. The van der Waals surface area contributed by atoms with Gasteiger partial charge in [-0.05, 0) is 7.05 Å². The molecule has 0 saturated carbocycles. The topological polar surface area (TPSA) is 27.6 Å². The number of rotatable bonds is 5. The number of alkyl halides is 3. The summed E-state index contributed by atoms with van der Waals surface area (Å²) in [6.07, 6.45) is -4.13. The highest BCUT2D eigenvalue weighted by molar-refractivity contribution is 5.22. The van der Waals surface area contributed by atoms with Crippen molar-refractivity contribution in [1.82, 2.24) is 10.3 Å². The number of nitrogens with zero attached hydrogens (tertiary/aromatic N) is 2. The molecule has 0 heterocycles. The van der Waals surface area contributed by atoms with Gasteiger partial charge >= 0.3 is 6.18 Å². The van der Waals surface area contributed by atoms with Gasteiger partial charge in [0, 0.05) is 19.8 Å². The molecule has 0 amide bonds. The Bertz CT molecular complexity index is 134. The molecule has 6 heteroatoms. The monoisotopic (exact) mass is 183 g/mol. The van der Waals surface area contributed by atoms with Gasteiger partial charge in [-0.25, -0.2) is 0 Å².